The van der Waals surface area contributed by atoms with Crippen LogP contribution in [0.5, 0.6) is 0 Å². The fourth-order valence-corrected chi connectivity index (χ4v) is 4.44. The van der Waals surface area contributed by atoms with E-state index in [-0.39, 0.29) is 5.41 Å². The van der Waals surface area contributed by atoms with Gasteiger partial charge < -0.3 is 0 Å². The maximum absolute atomic E-state index is 11.5. The van der Waals surface area contributed by atoms with Crippen LogP contribution in [0.1, 0.15) is 31.4 Å². The molecule has 0 spiro atoms. The Labute approximate surface area is 157 Å². The van der Waals surface area contributed by atoms with Crippen LogP contribution in [0.2, 0.25) is 0 Å². The molecule has 140 valence electrons. The number of likely N-dealkylation sites (tertiary alicyclic amines) is 1. The lowest BCUT2D eigenvalue weighted by Crippen LogP contribution is -2.46. The van der Waals surface area contributed by atoms with E-state index in [1.807, 2.05) is 18.2 Å². The van der Waals surface area contributed by atoms with Crippen LogP contribution >= 0.6 is 0 Å². The van der Waals surface area contributed by atoms with Gasteiger partial charge in [-0.25, -0.2) is 8.42 Å². The Bertz CT molecular complexity index is 851. The van der Waals surface area contributed by atoms with Gasteiger partial charge in [-0.15, -0.1) is 0 Å². The summed E-state index contributed by atoms with van der Waals surface area (Å²) < 4.78 is 25.7. The summed E-state index contributed by atoms with van der Waals surface area (Å²) in [5, 5.41) is 0. The maximum Gasteiger partial charge on any atom is 0.229 e. The number of nitrogens with zero attached hydrogens (tertiary/aromatic N) is 1. The van der Waals surface area contributed by atoms with Gasteiger partial charge in [0.1, 0.15) is 0 Å². The largest absolute Gasteiger partial charge is 0.299 e. The molecule has 0 aromatic heterocycles. The minimum atomic E-state index is -3.26. The van der Waals surface area contributed by atoms with Gasteiger partial charge in [-0.05, 0) is 47.6 Å². The Morgan fingerprint density at radius 2 is 1.88 bits per heavy atom. The molecule has 1 fully saturated rings. The Kier molecular flexibility index (Phi) is 5.39. The molecule has 1 heterocycles. The Morgan fingerprint density at radius 1 is 1.15 bits per heavy atom. The van der Waals surface area contributed by atoms with Gasteiger partial charge in [0, 0.05) is 18.8 Å². The van der Waals surface area contributed by atoms with Crippen LogP contribution in [0.25, 0.3) is 0 Å². The Morgan fingerprint density at radius 3 is 2.54 bits per heavy atom. The highest BCUT2D eigenvalue weighted by molar-refractivity contribution is 7.92. The molecule has 1 aliphatic rings. The zero-order chi connectivity index (χ0) is 18.8. The molecule has 4 nitrogen and oxygen atoms in total. The first-order valence-electron chi connectivity index (χ1n) is 9.11. The third kappa shape index (κ3) is 4.46. The summed E-state index contributed by atoms with van der Waals surface area (Å²) in [6.45, 7) is 7.66. The fourth-order valence-electron chi connectivity index (χ4n) is 3.88. The predicted molar refractivity (Wildman–Crippen MR) is 108 cm³/mol. The van der Waals surface area contributed by atoms with E-state index < -0.39 is 10.0 Å². The Balaban J connectivity index is 1.74. The molecule has 0 saturated carbocycles. The zero-order valence-corrected chi connectivity index (χ0v) is 16.6. The molecule has 5 heteroatoms. The number of nitrogens with one attached hydrogen (secondary N) is 1. The molecular formula is C21H28N2O2S. The summed E-state index contributed by atoms with van der Waals surface area (Å²) in [4.78, 5) is 2.51. The molecule has 0 aliphatic carbocycles. The molecule has 1 N–H and O–H groups in total. The predicted octanol–water partition coefficient (Wildman–Crippen LogP) is 3.86. The van der Waals surface area contributed by atoms with E-state index in [9.17, 15) is 8.42 Å². The van der Waals surface area contributed by atoms with Crippen molar-refractivity contribution in [2.24, 2.45) is 5.92 Å². The smallest absolute Gasteiger partial charge is 0.229 e. The molecule has 26 heavy (non-hydrogen) atoms. The van der Waals surface area contributed by atoms with E-state index in [1.54, 1.807) is 0 Å². The summed E-state index contributed by atoms with van der Waals surface area (Å²) in [7, 11) is -3.26. The molecule has 0 amide bonds. The fraction of sp³-hybridized carbons (Fsp3) is 0.429. The van der Waals surface area contributed by atoms with E-state index in [1.165, 1.54) is 17.4 Å². The standard InChI is InChI=1S/C21H28N2O2S/c1-17-15-23(16-18-8-5-4-6-9-18)13-12-21(17,2)19-10-7-11-20(14-19)22-26(3,24)25/h4-11,14,17,22H,12-13,15-16H2,1-3H3/t17-,21-/m0/s1. The highest BCUT2D eigenvalue weighted by Gasteiger charge is 2.38. The highest BCUT2D eigenvalue weighted by atomic mass is 32.2. The van der Waals surface area contributed by atoms with E-state index in [0.717, 1.165) is 26.1 Å². The number of hydrogen-bond acceptors (Lipinski definition) is 3. The van der Waals surface area contributed by atoms with Gasteiger partial charge in [-0.3, -0.25) is 9.62 Å². The molecule has 2 aromatic rings. The van der Waals surface area contributed by atoms with E-state index in [0.29, 0.717) is 11.6 Å². The van der Waals surface area contributed by atoms with Crippen molar-refractivity contribution in [2.75, 3.05) is 24.1 Å². The van der Waals surface area contributed by atoms with Crippen molar-refractivity contribution in [3.8, 4) is 0 Å². The summed E-state index contributed by atoms with van der Waals surface area (Å²) >= 11 is 0. The van der Waals surface area contributed by atoms with Crippen molar-refractivity contribution in [3.05, 3.63) is 65.7 Å². The van der Waals surface area contributed by atoms with E-state index in [4.69, 9.17) is 0 Å². The third-order valence-electron chi connectivity index (χ3n) is 5.64. The van der Waals surface area contributed by atoms with Crippen molar-refractivity contribution in [1.82, 2.24) is 4.90 Å². The minimum Gasteiger partial charge on any atom is -0.299 e. The van der Waals surface area contributed by atoms with Crippen molar-refractivity contribution < 1.29 is 8.42 Å². The normalized spacial score (nSPS) is 24.3. The first-order valence-corrected chi connectivity index (χ1v) is 11.0. The SMILES string of the molecule is C[C@H]1CN(Cc2ccccc2)CC[C@]1(C)c1cccc(NS(C)(=O)=O)c1. The highest BCUT2D eigenvalue weighted by Crippen LogP contribution is 2.40. The number of anilines is 1. The number of sulfonamides is 1. The minimum absolute atomic E-state index is 0.0440. The average Bonchev–Trinajstić information content (AvgIpc) is 2.58. The van der Waals surface area contributed by atoms with Crippen molar-refractivity contribution in [1.29, 1.82) is 0 Å². The maximum atomic E-state index is 11.5. The van der Waals surface area contributed by atoms with Gasteiger partial charge in [0.25, 0.3) is 0 Å². The second-order valence-corrected chi connectivity index (χ2v) is 9.49. The summed E-state index contributed by atoms with van der Waals surface area (Å²) in [6, 6.07) is 18.5. The van der Waals surface area contributed by atoms with Crippen LogP contribution in [0.3, 0.4) is 0 Å². The van der Waals surface area contributed by atoms with Gasteiger partial charge in [-0.2, -0.15) is 0 Å². The first-order chi connectivity index (χ1) is 12.3. The summed E-state index contributed by atoms with van der Waals surface area (Å²) in [5.74, 6) is 0.480. The molecule has 1 saturated heterocycles. The zero-order valence-electron chi connectivity index (χ0n) is 15.8. The van der Waals surface area contributed by atoms with Crippen LogP contribution in [-0.2, 0) is 22.0 Å². The molecule has 0 unspecified atom stereocenters. The number of benzene rings is 2. The van der Waals surface area contributed by atoms with Crippen LogP contribution in [0.15, 0.2) is 54.6 Å². The lowest BCUT2D eigenvalue weighted by Gasteiger charge is -2.45. The first kappa shape index (κ1) is 18.9. The number of hydrogen-bond donors (Lipinski definition) is 1. The molecule has 3 rings (SSSR count). The molecule has 2 aromatic carbocycles. The second kappa shape index (κ2) is 7.41. The molecule has 2 atom stereocenters. The quantitative estimate of drug-likeness (QED) is 0.867. The van der Waals surface area contributed by atoms with Gasteiger partial charge in [0.2, 0.25) is 10.0 Å². The van der Waals surface area contributed by atoms with Crippen molar-refractivity contribution in [2.45, 2.75) is 32.2 Å². The van der Waals surface area contributed by atoms with Gasteiger partial charge >= 0.3 is 0 Å². The second-order valence-electron chi connectivity index (χ2n) is 7.74. The van der Waals surface area contributed by atoms with Gasteiger partial charge in [-0.1, -0.05) is 56.3 Å². The van der Waals surface area contributed by atoms with E-state index in [2.05, 4.69) is 59.9 Å². The number of piperidine rings is 1. The van der Waals surface area contributed by atoms with Gasteiger partial charge in [0.05, 0.1) is 6.26 Å². The monoisotopic (exact) mass is 372 g/mol. The molecule has 0 bridgehead atoms. The van der Waals surface area contributed by atoms with Gasteiger partial charge in [0.15, 0.2) is 0 Å². The van der Waals surface area contributed by atoms with E-state index >= 15 is 0 Å². The van der Waals surface area contributed by atoms with Crippen molar-refractivity contribution >= 4 is 15.7 Å². The van der Waals surface area contributed by atoms with Crippen LogP contribution in [0.4, 0.5) is 5.69 Å². The van der Waals surface area contributed by atoms with Crippen LogP contribution in [0, 0.1) is 5.92 Å². The third-order valence-corrected chi connectivity index (χ3v) is 6.25. The molecular weight excluding hydrogens is 344 g/mol. The lowest BCUT2D eigenvalue weighted by atomic mass is 9.68. The van der Waals surface area contributed by atoms with Crippen LogP contribution in [-0.4, -0.2) is 32.7 Å². The van der Waals surface area contributed by atoms with Crippen LogP contribution < -0.4 is 4.72 Å². The topological polar surface area (TPSA) is 49.4 Å². The lowest BCUT2D eigenvalue weighted by molar-refractivity contribution is 0.105. The number of rotatable bonds is 5. The Hall–Kier alpha value is -1.85. The summed E-state index contributed by atoms with van der Waals surface area (Å²) in [6.07, 6.45) is 2.25. The average molecular weight is 373 g/mol. The summed E-state index contributed by atoms with van der Waals surface area (Å²) in [5.41, 5.74) is 3.24. The molecule has 1 aliphatic heterocycles. The van der Waals surface area contributed by atoms with Crippen molar-refractivity contribution in [3.63, 3.8) is 0 Å². The molecule has 0 radical (unpaired) electrons.